The van der Waals surface area contributed by atoms with Gasteiger partial charge in [-0.15, -0.1) is 5.10 Å². The predicted molar refractivity (Wildman–Crippen MR) is 144 cm³/mol. The minimum absolute atomic E-state index is 0.0550. The van der Waals surface area contributed by atoms with Crippen LogP contribution in [0.1, 0.15) is 36.7 Å². The number of aromatic nitrogens is 5. The number of hydrogen-bond acceptors (Lipinski definition) is 8. The Morgan fingerprint density at radius 2 is 1.82 bits per heavy atom. The lowest BCUT2D eigenvalue weighted by Gasteiger charge is -2.22. The highest BCUT2D eigenvalue weighted by atomic mass is 19.1. The van der Waals surface area contributed by atoms with Crippen molar-refractivity contribution in [1.82, 2.24) is 29.6 Å². The van der Waals surface area contributed by atoms with Crippen molar-refractivity contribution in [3.63, 3.8) is 0 Å². The van der Waals surface area contributed by atoms with Crippen molar-refractivity contribution in [2.24, 2.45) is 17.6 Å². The number of carbonyl (C=O) groups is 1. The number of rotatable bonds is 8. The topological polar surface area (TPSA) is 121 Å². The van der Waals surface area contributed by atoms with Crippen LogP contribution in [0.15, 0.2) is 61.1 Å². The number of pyridine rings is 1. The molecule has 0 bridgehead atoms. The van der Waals surface area contributed by atoms with Crippen molar-refractivity contribution in [3.05, 3.63) is 78.0 Å². The van der Waals surface area contributed by atoms with Crippen molar-refractivity contribution in [1.29, 1.82) is 0 Å². The second kappa shape index (κ2) is 9.98. The minimum Gasteiger partial charge on any atom is -0.476 e. The number of piperidine rings is 1. The fourth-order valence-corrected chi connectivity index (χ4v) is 5.09. The molecule has 1 aliphatic heterocycles. The zero-order valence-corrected chi connectivity index (χ0v) is 22.5. The van der Waals surface area contributed by atoms with E-state index < -0.39 is 5.54 Å². The van der Waals surface area contributed by atoms with Crippen LogP contribution in [0.25, 0.3) is 17.2 Å². The first-order chi connectivity index (χ1) is 19.2. The van der Waals surface area contributed by atoms with Crippen LogP contribution in [0.2, 0.25) is 0 Å². The number of benzene rings is 1. The molecule has 1 amide bonds. The molecule has 1 aliphatic carbocycles. The number of amides is 1. The van der Waals surface area contributed by atoms with Gasteiger partial charge in [-0.2, -0.15) is 0 Å². The lowest BCUT2D eigenvalue weighted by Crippen LogP contribution is -2.33. The maximum atomic E-state index is 13.5. The van der Waals surface area contributed by atoms with E-state index in [1.165, 1.54) is 16.8 Å². The Labute approximate surface area is 231 Å². The third-order valence-electron chi connectivity index (χ3n) is 7.29. The maximum absolute atomic E-state index is 13.5. The van der Waals surface area contributed by atoms with Gasteiger partial charge in [-0.25, -0.2) is 24.0 Å². The Balaban J connectivity index is 1.17. The third kappa shape index (κ3) is 5.00. The van der Waals surface area contributed by atoms with Gasteiger partial charge in [0.15, 0.2) is 0 Å². The molecule has 3 aromatic heterocycles. The van der Waals surface area contributed by atoms with Crippen LogP contribution < -0.4 is 15.2 Å². The summed E-state index contributed by atoms with van der Waals surface area (Å²) in [6, 6.07) is 11.7. The summed E-state index contributed by atoms with van der Waals surface area (Å²) in [6.45, 7) is 7.16. The van der Waals surface area contributed by atoms with E-state index in [1.807, 2.05) is 37.8 Å². The van der Waals surface area contributed by atoms with Gasteiger partial charge in [0.25, 0.3) is 11.9 Å². The molecule has 206 valence electrons. The lowest BCUT2D eigenvalue weighted by atomic mass is 9.95. The van der Waals surface area contributed by atoms with E-state index in [0.29, 0.717) is 42.8 Å². The smallest absolute Gasteiger partial charge is 0.261 e. The quantitative estimate of drug-likeness (QED) is 0.358. The minimum atomic E-state index is -0.619. The Morgan fingerprint density at radius 1 is 1.12 bits per heavy atom. The van der Waals surface area contributed by atoms with Gasteiger partial charge in [-0.1, -0.05) is 0 Å². The summed E-state index contributed by atoms with van der Waals surface area (Å²) in [5, 5.41) is 4.39. The van der Waals surface area contributed by atoms with E-state index in [1.54, 1.807) is 36.8 Å². The van der Waals surface area contributed by atoms with Gasteiger partial charge >= 0.3 is 0 Å². The Morgan fingerprint density at radius 3 is 2.48 bits per heavy atom. The second-order valence-electron chi connectivity index (χ2n) is 10.7. The van der Waals surface area contributed by atoms with Gasteiger partial charge in [-0.05, 0) is 62.7 Å². The predicted octanol–water partition coefficient (Wildman–Crippen LogP) is 3.61. The number of hydrogen-bond donors (Lipinski definition) is 1. The highest BCUT2D eigenvalue weighted by molar-refractivity contribution is 5.96. The van der Waals surface area contributed by atoms with Crippen LogP contribution >= 0.6 is 0 Å². The first-order valence-electron chi connectivity index (χ1n) is 13.2. The molecule has 1 saturated heterocycles. The zero-order chi connectivity index (χ0) is 28.0. The molecule has 4 heterocycles. The number of fused-ring (bicyclic) bond motifs is 1. The van der Waals surface area contributed by atoms with E-state index in [-0.39, 0.29) is 35.5 Å². The van der Waals surface area contributed by atoms with E-state index in [4.69, 9.17) is 20.2 Å². The van der Waals surface area contributed by atoms with Crippen LogP contribution in [-0.4, -0.2) is 61.3 Å². The fraction of sp³-hybridized carbons (Fsp3) is 0.345. The molecule has 0 radical (unpaired) electrons. The molecule has 1 saturated carbocycles. The number of ether oxygens (including phenoxy) is 2. The number of halogens is 1. The fourth-order valence-electron chi connectivity index (χ4n) is 5.09. The Kier molecular flexibility index (Phi) is 6.46. The monoisotopic (exact) mass is 543 g/mol. The van der Waals surface area contributed by atoms with Crippen molar-refractivity contribution in [2.45, 2.75) is 32.4 Å². The number of nitrogens with two attached hydrogens (primary N) is 1. The first kappa shape index (κ1) is 25.9. The molecule has 10 nitrogen and oxygen atoms in total. The summed E-state index contributed by atoms with van der Waals surface area (Å²) >= 11 is 0. The zero-order valence-electron chi connectivity index (χ0n) is 22.5. The van der Waals surface area contributed by atoms with E-state index in [2.05, 4.69) is 15.1 Å². The van der Waals surface area contributed by atoms with Crippen LogP contribution in [0.4, 0.5) is 4.39 Å². The van der Waals surface area contributed by atoms with Gasteiger partial charge in [0, 0.05) is 54.5 Å². The molecule has 0 spiro atoms. The molecule has 2 N–H and O–H groups in total. The average Bonchev–Trinajstić information content (AvgIpc) is 3.26. The highest BCUT2D eigenvalue weighted by Gasteiger charge is 2.59. The van der Waals surface area contributed by atoms with Crippen LogP contribution in [0.5, 0.6) is 11.8 Å². The Bertz CT molecular complexity index is 1520. The van der Waals surface area contributed by atoms with Crippen molar-refractivity contribution >= 4 is 5.91 Å². The van der Waals surface area contributed by atoms with Crippen LogP contribution in [-0.2, 0) is 5.54 Å². The Hall–Kier alpha value is -4.38. The number of likely N-dealkylation sites (tertiary alicyclic amines) is 1. The summed E-state index contributed by atoms with van der Waals surface area (Å²) in [7, 11) is 0. The van der Waals surface area contributed by atoms with Gasteiger partial charge < -0.3 is 20.1 Å². The molecule has 4 aromatic rings. The van der Waals surface area contributed by atoms with Crippen molar-refractivity contribution in [2.75, 3.05) is 19.7 Å². The lowest BCUT2D eigenvalue weighted by molar-refractivity contribution is 0.0747. The molecular formula is C29H30FN7O3. The summed E-state index contributed by atoms with van der Waals surface area (Å²) < 4.78 is 26.9. The molecule has 2 fully saturated rings. The normalized spacial score (nSPS) is 19.8. The molecule has 11 heteroatoms. The van der Waals surface area contributed by atoms with E-state index in [9.17, 15) is 9.18 Å². The molecule has 40 heavy (non-hydrogen) atoms. The third-order valence-corrected chi connectivity index (χ3v) is 7.29. The van der Waals surface area contributed by atoms with Crippen LogP contribution in [0.3, 0.4) is 0 Å². The van der Waals surface area contributed by atoms with E-state index in [0.717, 1.165) is 11.1 Å². The van der Waals surface area contributed by atoms with Gasteiger partial charge in [0.1, 0.15) is 17.5 Å². The first-order valence-corrected chi connectivity index (χ1v) is 13.2. The van der Waals surface area contributed by atoms with Crippen molar-refractivity contribution < 1.29 is 18.7 Å². The SMILES string of the molecule is CCOc1nn(-c2ncccn2)cc1C(=O)N1C[C@@H]2[C@H](C1)[C@@H]2Oc1cc(C(C)(C)N)cc(-c2ccc(F)cc2)n1. The average molecular weight is 544 g/mol. The standard InChI is InChI=1S/C29H30FN7O3/c1-4-39-26-22(16-37(35-26)28-32-10-5-11-33-28)27(38)36-14-20-21(15-36)25(20)40-24-13-18(29(2,3)31)12-23(34-24)17-6-8-19(30)9-7-17/h5-13,16,20-21,25H,4,14-15,31H2,1-3H3/t20-,21+,25-. The molecule has 1 aromatic carbocycles. The van der Waals surface area contributed by atoms with Crippen LogP contribution in [0, 0.1) is 17.7 Å². The summed E-state index contributed by atoms with van der Waals surface area (Å²) in [5.74, 6) is 1.00. The maximum Gasteiger partial charge on any atom is 0.261 e. The summed E-state index contributed by atoms with van der Waals surface area (Å²) in [6.07, 6.45) is 4.78. The van der Waals surface area contributed by atoms with Gasteiger partial charge in [0.2, 0.25) is 11.8 Å². The molecule has 3 atom stereocenters. The van der Waals surface area contributed by atoms with E-state index >= 15 is 0 Å². The highest BCUT2D eigenvalue weighted by Crippen LogP contribution is 2.48. The van der Waals surface area contributed by atoms with Gasteiger partial charge in [0.05, 0.1) is 18.5 Å². The number of carbonyl (C=O) groups excluding carboxylic acids is 1. The largest absolute Gasteiger partial charge is 0.476 e. The summed E-state index contributed by atoms with van der Waals surface area (Å²) in [5.41, 5.74) is 8.46. The van der Waals surface area contributed by atoms with Gasteiger partial charge in [-0.3, -0.25) is 4.79 Å². The summed E-state index contributed by atoms with van der Waals surface area (Å²) in [4.78, 5) is 28.4. The number of nitrogens with zero attached hydrogens (tertiary/aromatic N) is 6. The molecule has 2 aliphatic rings. The van der Waals surface area contributed by atoms with Crippen molar-refractivity contribution in [3.8, 4) is 29.0 Å². The molecular weight excluding hydrogens is 513 g/mol. The molecule has 0 unspecified atom stereocenters. The second-order valence-corrected chi connectivity index (χ2v) is 10.7. The molecule has 6 rings (SSSR count).